The number of hydrogen-bond acceptors (Lipinski definition) is 3. The summed E-state index contributed by atoms with van der Waals surface area (Å²) in [6, 6.07) is 28.7. The van der Waals surface area contributed by atoms with Crippen molar-refractivity contribution < 1.29 is 4.79 Å². The van der Waals surface area contributed by atoms with E-state index in [0.29, 0.717) is 11.4 Å². The second kappa shape index (κ2) is 7.79. The third kappa shape index (κ3) is 4.34. The van der Waals surface area contributed by atoms with E-state index < -0.39 is 0 Å². The van der Waals surface area contributed by atoms with Crippen molar-refractivity contribution in [3.8, 4) is 0 Å². The summed E-state index contributed by atoms with van der Waals surface area (Å²) in [6.07, 6.45) is 1.58. The van der Waals surface area contributed by atoms with Gasteiger partial charge in [0.05, 0.1) is 0 Å². The van der Waals surface area contributed by atoms with Gasteiger partial charge in [0.25, 0.3) is 0 Å². The lowest BCUT2D eigenvalue weighted by molar-refractivity contribution is 0.104. The van der Waals surface area contributed by atoms with Crippen LogP contribution in [0.1, 0.15) is 10.4 Å². The Kier molecular flexibility index (Phi) is 5.05. The van der Waals surface area contributed by atoms with Gasteiger partial charge in [-0.3, -0.25) is 4.79 Å². The largest absolute Gasteiger partial charge is 0.342 e. The zero-order chi connectivity index (χ0) is 16.6. The van der Waals surface area contributed by atoms with Gasteiger partial charge < -0.3 is 10.6 Å². The fourth-order valence-corrected chi connectivity index (χ4v) is 2.27. The van der Waals surface area contributed by atoms with E-state index in [9.17, 15) is 4.79 Å². The van der Waals surface area contributed by atoms with Crippen molar-refractivity contribution >= 4 is 17.2 Å². The van der Waals surface area contributed by atoms with Crippen molar-refractivity contribution in [3.63, 3.8) is 0 Å². The maximum Gasteiger partial charge on any atom is 0.189 e. The van der Waals surface area contributed by atoms with Crippen molar-refractivity contribution in [1.82, 2.24) is 0 Å². The Bertz CT molecular complexity index is 769. The van der Waals surface area contributed by atoms with E-state index in [-0.39, 0.29) is 5.78 Å². The van der Waals surface area contributed by atoms with Crippen LogP contribution in [-0.2, 0) is 0 Å². The molecule has 0 bridgehead atoms. The molecule has 0 aliphatic carbocycles. The molecule has 3 heteroatoms. The van der Waals surface area contributed by atoms with E-state index in [4.69, 9.17) is 0 Å². The van der Waals surface area contributed by atoms with Gasteiger partial charge in [-0.2, -0.15) is 0 Å². The Hall–Kier alpha value is -3.33. The van der Waals surface area contributed by atoms with Crippen LogP contribution < -0.4 is 10.6 Å². The summed E-state index contributed by atoms with van der Waals surface area (Å²) in [5.41, 5.74) is 2.47. The number of anilines is 2. The maximum absolute atomic E-state index is 12.5. The number of benzene rings is 3. The molecule has 0 aliphatic rings. The molecule has 0 aromatic heterocycles. The average Bonchev–Trinajstić information content (AvgIpc) is 2.64. The zero-order valence-corrected chi connectivity index (χ0v) is 13.1. The quantitative estimate of drug-likeness (QED) is 0.500. The van der Waals surface area contributed by atoms with E-state index >= 15 is 0 Å². The molecule has 0 saturated heterocycles. The first-order chi connectivity index (χ1) is 11.8. The van der Waals surface area contributed by atoms with E-state index in [2.05, 4.69) is 10.6 Å². The summed E-state index contributed by atoms with van der Waals surface area (Å²) in [4.78, 5) is 12.5. The van der Waals surface area contributed by atoms with Gasteiger partial charge in [0.2, 0.25) is 0 Å². The summed E-state index contributed by atoms with van der Waals surface area (Å²) >= 11 is 0. The lowest BCUT2D eigenvalue weighted by atomic mass is 10.1. The minimum atomic E-state index is -0.0579. The Labute approximate surface area is 141 Å². The molecule has 0 amide bonds. The molecule has 0 spiro atoms. The number of carbonyl (C=O) groups is 1. The number of nitrogens with one attached hydrogen (secondary N) is 2. The molecule has 2 N–H and O–H groups in total. The summed E-state index contributed by atoms with van der Waals surface area (Å²) < 4.78 is 0. The van der Waals surface area contributed by atoms with Gasteiger partial charge >= 0.3 is 0 Å². The van der Waals surface area contributed by atoms with Crippen molar-refractivity contribution in [2.75, 3.05) is 10.6 Å². The molecule has 0 saturated carbocycles. The predicted octanol–water partition coefficient (Wildman–Crippen LogP) is 4.93. The first-order valence-corrected chi connectivity index (χ1v) is 7.76. The first kappa shape index (κ1) is 15.6. The molecule has 0 aliphatic heterocycles. The summed E-state index contributed by atoms with van der Waals surface area (Å²) in [7, 11) is 0. The SMILES string of the molecule is O=C(C=C(Nc1ccccc1)Nc1ccccc1)c1ccccc1. The number of carbonyl (C=O) groups excluding carboxylic acids is 1. The van der Waals surface area contributed by atoms with Crippen LogP contribution in [0.5, 0.6) is 0 Å². The number of ketones is 1. The van der Waals surface area contributed by atoms with Crippen molar-refractivity contribution in [3.05, 3.63) is 108 Å². The third-order valence-electron chi connectivity index (χ3n) is 3.44. The molecule has 3 rings (SSSR count). The molecule has 0 atom stereocenters. The lowest BCUT2D eigenvalue weighted by Gasteiger charge is -2.13. The van der Waals surface area contributed by atoms with E-state index in [1.54, 1.807) is 6.08 Å². The van der Waals surface area contributed by atoms with E-state index in [1.807, 2.05) is 91.0 Å². The van der Waals surface area contributed by atoms with Crippen LogP contribution in [-0.4, -0.2) is 5.78 Å². The second-order valence-corrected chi connectivity index (χ2v) is 5.27. The fraction of sp³-hybridized carbons (Fsp3) is 0. The molecule has 0 unspecified atom stereocenters. The Morgan fingerprint density at radius 3 is 1.50 bits per heavy atom. The molecule has 118 valence electrons. The van der Waals surface area contributed by atoms with Gasteiger partial charge in [-0.25, -0.2) is 0 Å². The maximum atomic E-state index is 12.5. The van der Waals surface area contributed by atoms with Crippen molar-refractivity contribution in [2.45, 2.75) is 0 Å². The minimum Gasteiger partial charge on any atom is -0.342 e. The second-order valence-electron chi connectivity index (χ2n) is 5.27. The van der Waals surface area contributed by atoms with Crippen LogP contribution in [0.15, 0.2) is 103 Å². The number of hydrogen-bond donors (Lipinski definition) is 2. The number of para-hydroxylation sites is 2. The number of allylic oxidation sites excluding steroid dienone is 1. The summed E-state index contributed by atoms with van der Waals surface area (Å²) in [5, 5.41) is 6.51. The van der Waals surface area contributed by atoms with E-state index in [1.165, 1.54) is 0 Å². The standard InChI is InChI=1S/C21H18N2O/c24-20(17-10-4-1-5-11-17)16-21(22-18-12-6-2-7-13-18)23-19-14-8-3-9-15-19/h1-16,22-23H. The predicted molar refractivity (Wildman–Crippen MR) is 99.0 cm³/mol. The minimum absolute atomic E-state index is 0.0579. The van der Waals surface area contributed by atoms with Crippen molar-refractivity contribution in [2.24, 2.45) is 0 Å². The normalized spacial score (nSPS) is 9.83. The van der Waals surface area contributed by atoms with Crippen molar-refractivity contribution in [1.29, 1.82) is 0 Å². The fourth-order valence-electron chi connectivity index (χ4n) is 2.27. The Morgan fingerprint density at radius 1 is 0.625 bits per heavy atom. The Balaban J connectivity index is 1.86. The zero-order valence-electron chi connectivity index (χ0n) is 13.1. The van der Waals surface area contributed by atoms with Crippen LogP contribution in [0.2, 0.25) is 0 Å². The highest BCUT2D eigenvalue weighted by molar-refractivity contribution is 6.05. The molecular formula is C21H18N2O. The highest BCUT2D eigenvalue weighted by Crippen LogP contribution is 2.14. The van der Waals surface area contributed by atoms with Crippen LogP contribution in [0.3, 0.4) is 0 Å². The van der Waals surface area contributed by atoms with Crippen LogP contribution >= 0.6 is 0 Å². The van der Waals surface area contributed by atoms with Gasteiger partial charge in [0, 0.05) is 23.0 Å². The third-order valence-corrected chi connectivity index (χ3v) is 3.44. The van der Waals surface area contributed by atoms with Gasteiger partial charge in [-0.1, -0.05) is 66.7 Å². The van der Waals surface area contributed by atoms with E-state index in [0.717, 1.165) is 11.4 Å². The van der Waals surface area contributed by atoms with Gasteiger partial charge in [-0.15, -0.1) is 0 Å². The highest BCUT2D eigenvalue weighted by atomic mass is 16.1. The molecule has 0 fully saturated rings. The summed E-state index contributed by atoms with van der Waals surface area (Å²) in [5.74, 6) is 0.568. The molecule has 3 aromatic rings. The van der Waals surface area contributed by atoms with Gasteiger partial charge in [-0.05, 0) is 24.3 Å². The molecule has 0 radical (unpaired) electrons. The smallest absolute Gasteiger partial charge is 0.189 e. The molecule has 3 nitrogen and oxygen atoms in total. The van der Waals surface area contributed by atoms with Crippen LogP contribution in [0.4, 0.5) is 11.4 Å². The summed E-state index contributed by atoms with van der Waals surface area (Å²) in [6.45, 7) is 0. The first-order valence-electron chi connectivity index (χ1n) is 7.76. The molecular weight excluding hydrogens is 296 g/mol. The highest BCUT2D eigenvalue weighted by Gasteiger charge is 2.06. The lowest BCUT2D eigenvalue weighted by Crippen LogP contribution is -2.12. The monoisotopic (exact) mass is 314 g/mol. The number of rotatable bonds is 6. The Morgan fingerprint density at radius 2 is 1.04 bits per heavy atom. The topological polar surface area (TPSA) is 41.1 Å². The molecule has 3 aromatic carbocycles. The van der Waals surface area contributed by atoms with Gasteiger partial charge in [0.15, 0.2) is 5.78 Å². The van der Waals surface area contributed by atoms with Gasteiger partial charge in [0.1, 0.15) is 5.82 Å². The molecule has 24 heavy (non-hydrogen) atoms. The molecule has 0 heterocycles. The average molecular weight is 314 g/mol. The van der Waals surface area contributed by atoms with Crippen LogP contribution in [0, 0.1) is 0 Å². The van der Waals surface area contributed by atoms with Crippen LogP contribution in [0.25, 0.3) is 0 Å².